The summed E-state index contributed by atoms with van der Waals surface area (Å²) in [5, 5.41) is 2.20. The van der Waals surface area contributed by atoms with Gasteiger partial charge in [-0.3, -0.25) is 0 Å². The second-order valence-electron chi connectivity index (χ2n) is 5.22. The van der Waals surface area contributed by atoms with Gasteiger partial charge in [-0.1, -0.05) is 24.3 Å². The molecule has 1 aromatic heterocycles. The summed E-state index contributed by atoms with van der Waals surface area (Å²) in [5.41, 5.74) is 2.88. The lowest BCUT2D eigenvalue weighted by Crippen LogP contribution is -1.91. The van der Waals surface area contributed by atoms with Crippen LogP contribution >= 0.6 is 0 Å². The third-order valence-corrected chi connectivity index (χ3v) is 3.92. The summed E-state index contributed by atoms with van der Waals surface area (Å²) in [7, 11) is 0. The first kappa shape index (κ1) is 11.5. The highest BCUT2D eigenvalue weighted by Crippen LogP contribution is 2.31. The Bertz CT molecular complexity index is 774. The van der Waals surface area contributed by atoms with Crippen LogP contribution in [0.25, 0.3) is 10.8 Å². The number of aromatic nitrogens is 1. The lowest BCUT2D eigenvalue weighted by molar-refractivity contribution is 0.468. The molecule has 0 N–H and O–H groups in total. The van der Waals surface area contributed by atoms with Crippen molar-refractivity contribution in [3.8, 4) is 11.6 Å². The van der Waals surface area contributed by atoms with Crippen molar-refractivity contribution < 1.29 is 4.74 Å². The molecule has 0 aliphatic heterocycles. The second kappa shape index (κ2) is 4.64. The van der Waals surface area contributed by atoms with Gasteiger partial charge in [0.05, 0.1) is 0 Å². The lowest BCUT2D eigenvalue weighted by Gasteiger charge is -2.09. The maximum atomic E-state index is 6.01. The van der Waals surface area contributed by atoms with E-state index in [1.54, 1.807) is 6.20 Å². The molecule has 1 aliphatic rings. The molecule has 0 saturated heterocycles. The van der Waals surface area contributed by atoms with Gasteiger partial charge in [-0.25, -0.2) is 4.98 Å². The van der Waals surface area contributed by atoms with Crippen LogP contribution in [0.5, 0.6) is 11.6 Å². The standard InChI is InChI=1S/C18H15NO/c1-2-7-17-14(4-1)10-11-19-18(17)20-16-9-8-13-5-3-6-15(13)12-16/h1-2,4,7-12H,3,5-6H2. The fourth-order valence-electron chi connectivity index (χ4n) is 2.90. The minimum Gasteiger partial charge on any atom is -0.438 e. The van der Waals surface area contributed by atoms with E-state index in [1.165, 1.54) is 24.0 Å². The molecule has 2 nitrogen and oxygen atoms in total. The molecule has 0 bridgehead atoms. The van der Waals surface area contributed by atoms with Gasteiger partial charge in [0.1, 0.15) is 5.75 Å². The summed E-state index contributed by atoms with van der Waals surface area (Å²) in [6.07, 6.45) is 5.41. The largest absolute Gasteiger partial charge is 0.438 e. The van der Waals surface area contributed by atoms with Gasteiger partial charge in [0.2, 0.25) is 5.88 Å². The van der Waals surface area contributed by atoms with E-state index in [4.69, 9.17) is 4.74 Å². The molecule has 0 amide bonds. The number of fused-ring (bicyclic) bond motifs is 2. The van der Waals surface area contributed by atoms with Crippen molar-refractivity contribution in [2.45, 2.75) is 19.3 Å². The molecule has 1 aliphatic carbocycles. The van der Waals surface area contributed by atoms with Crippen LogP contribution in [-0.4, -0.2) is 4.98 Å². The zero-order valence-corrected chi connectivity index (χ0v) is 11.2. The van der Waals surface area contributed by atoms with Crippen LogP contribution < -0.4 is 4.74 Å². The predicted octanol–water partition coefficient (Wildman–Crippen LogP) is 4.52. The lowest BCUT2D eigenvalue weighted by atomic mass is 10.1. The van der Waals surface area contributed by atoms with Gasteiger partial charge in [0, 0.05) is 11.6 Å². The van der Waals surface area contributed by atoms with Gasteiger partial charge in [-0.15, -0.1) is 0 Å². The number of nitrogens with zero attached hydrogens (tertiary/aromatic N) is 1. The Morgan fingerprint density at radius 2 is 1.80 bits per heavy atom. The van der Waals surface area contributed by atoms with E-state index < -0.39 is 0 Å². The molecular weight excluding hydrogens is 246 g/mol. The predicted molar refractivity (Wildman–Crippen MR) is 80.3 cm³/mol. The van der Waals surface area contributed by atoms with E-state index in [2.05, 4.69) is 23.2 Å². The number of hydrogen-bond acceptors (Lipinski definition) is 2. The molecule has 3 aromatic rings. The molecule has 0 radical (unpaired) electrons. The van der Waals surface area contributed by atoms with Gasteiger partial charge >= 0.3 is 0 Å². The number of pyridine rings is 1. The average molecular weight is 261 g/mol. The maximum absolute atomic E-state index is 6.01. The Balaban J connectivity index is 1.74. The van der Waals surface area contributed by atoms with Gasteiger partial charge in [-0.05, 0) is 60.0 Å². The van der Waals surface area contributed by atoms with Crippen molar-refractivity contribution >= 4 is 10.8 Å². The summed E-state index contributed by atoms with van der Waals surface area (Å²) in [4.78, 5) is 4.37. The molecule has 0 spiro atoms. The Hall–Kier alpha value is -2.35. The third-order valence-electron chi connectivity index (χ3n) is 3.92. The minimum absolute atomic E-state index is 0.682. The third kappa shape index (κ3) is 1.94. The topological polar surface area (TPSA) is 22.1 Å². The molecule has 1 heterocycles. The quantitative estimate of drug-likeness (QED) is 0.676. The van der Waals surface area contributed by atoms with Crippen LogP contribution in [-0.2, 0) is 12.8 Å². The van der Waals surface area contributed by atoms with E-state index in [9.17, 15) is 0 Å². The van der Waals surface area contributed by atoms with Crippen molar-refractivity contribution in [1.29, 1.82) is 0 Å². The molecule has 4 rings (SSSR count). The minimum atomic E-state index is 0.682. The van der Waals surface area contributed by atoms with Gasteiger partial charge in [0.15, 0.2) is 0 Å². The summed E-state index contributed by atoms with van der Waals surface area (Å²) < 4.78 is 6.01. The van der Waals surface area contributed by atoms with Crippen LogP contribution in [0.3, 0.4) is 0 Å². The van der Waals surface area contributed by atoms with Crippen molar-refractivity contribution in [3.63, 3.8) is 0 Å². The number of ether oxygens (including phenoxy) is 1. The Labute approximate surface area is 118 Å². The zero-order valence-electron chi connectivity index (χ0n) is 11.2. The Morgan fingerprint density at radius 1 is 0.900 bits per heavy atom. The number of benzene rings is 2. The highest BCUT2D eigenvalue weighted by molar-refractivity contribution is 5.86. The zero-order chi connectivity index (χ0) is 13.4. The second-order valence-corrected chi connectivity index (χ2v) is 5.22. The molecule has 98 valence electrons. The maximum Gasteiger partial charge on any atom is 0.227 e. The molecule has 0 fully saturated rings. The van der Waals surface area contributed by atoms with Crippen molar-refractivity contribution in [1.82, 2.24) is 4.98 Å². The Kier molecular flexibility index (Phi) is 2.66. The number of rotatable bonds is 2. The average Bonchev–Trinajstić information content (AvgIpc) is 2.95. The van der Waals surface area contributed by atoms with Crippen LogP contribution in [0, 0.1) is 0 Å². The van der Waals surface area contributed by atoms with E-state index in [-0.39, 0.29) is 0 Å². The van der Waals surface area contributed by atoms with Gasteiger partial charge in [-0.2, -0.15) is 0 Å². The van der Waals surface area contributed by atoms with Crippen LogP contribution in [0.4, 0.5) is 0 Å². The first-order chi connectivity index (χ1) is 9.90. The van der Waals surface area contributed by atoms with Crippen molar-refractivity contribution in [2.24, 2.45) is 0 Å². The van der Waals surface area contributed by atoms with Gasteiger partial charge < -0.3 is 4.74 Å². The molecule has 2 aromatic carbocycles. The molecule has 2 heteroatoms. The Morgan fingerprint density at radius 3 is 2.80 bits per heavy atom. The molecule has 0 unspecified atom stereocenters. The molecule has 0 atom stereocenters. The fourth-order valence-corrected chi connectivity index (χ4v) is 2.90. The first-order valence-corrected chi connectivity index (χ1v) is 7.03. The highest BCUT2D eigenvalue weighted by atomic mass is 16.5. The number of hydrogen-bond donors (Lipinski definition) is 0. The fraction of sp³-hybridized carbons (Fsp3) is 0.167. The first-order valence-electron chi connectivity index (χ1n) is 7.03. The van der Waals surface area contributed by atoms with Crippen LogP contribution in [0.1, 0.15) is 17.5 Å². The smallest absolute Gasteiger partial charge is 0.227 e. The summed E-state index contributed by atoms with van der Waals surface area (Å²) in [5.74, 6) is 1.57. The van der Waals surface area contributed by atoms with Crippen molar-refractivity contribution in [2.75, 3.05) is 0 Å². The molecular formula is C18H15NO. The van der Waals surface area contributed by atoms with E-state index >= 15 is 0 Å². The monoisotopic (exact) mass is 261 g/mol. The van der Waals surface area contributed by atoms with Crippen LogP contribution in [0.2, 0.25) is 0 Å². The molecule has 20 heavy (non-hydrogen) atoms. The van der Waals surface area contributed by atoms with E-state index in [1.807, 2.05) is 30.3 Å². The molecule has 0 saturated carbocycles. The van der Waals surface area contributed by atoms with Crippen LogP contribution in [0.15, 0.2) is 54.7 Å². The summed E-state index contributed by atoms with van der Waals surface area (Å²) in [6.45, 7) is 0. The summed E-state index contributed by atoms with van der Waals surface area (Å²) in [6, 6.07) is 16.6. The van der Waals surface area contributed by atoms with E-state index in [0.29, 0.717) is 5.88 Å². The highest BCUT2D eigenvalue weighted by Gasteiger charge is 2.12. The summed E-state index contributed by atoms with van der Waals surface area (Å²) >= 11 is 0. The van der Waals surface area contributed by atoms with Gasteiger partial charge in [0.25, 0.3) is 0 Å². The SMILES string of the molecule is c1ccc2c(Oc3ccc4c(c3)CCC4)nccc2c1. The normalized spacial score (nSPS) is 13.4. The van der Waals surface area contributed by atoms with Crippen molar-refractivity contribution in [3.05, 3.63) is 65.9 Å². The van der Waals surface area contributed by atoms with E-state index in [0.717, 1.165) is 22.9 Å². The number of aryl methyl sites for hydroxylation is 2.